The van der Waals surface area contributed by atoms with Crippen LogP contribution in [0, 0.1) is 0 Å². The molecule has 0 rings (SSSR count). The first-order valence-electron chi connectivity index (χ1n) is 2.23. The van der Waals surface area contributed by atoms with E-state index in [-0.39, 0.29) is 21.7 Å². The van der Waals surface area contributed by atoms with Crippen LogP contribution in [-0.2, 0) is 21.7 Å². The Hall–Kier alpha value is -0.286. The molecular weight excluding hydrogens is 184 g/mol. The van der Waals surface area contributed by atoms with Crippen molar-refractivity contribution in [3.63, 3.8) is 0 Å². The second-order valence-corrected chi connectivity index (χ2v) is 0.365. The number of aliphatic hydroxyl groups is 4. The molecule has 0 heterocycles. The van der Waals surface area contributed by atoms with Gasteiger partial charge in [0.15, 0.2) is 0 Å². The Labute approximate surface area is 82.4 Å². The molecule has 0 atom stereocenters. The van der Waals surface area contributed by atoms with Crippen LogP contribution in [0.3, 0.4) is 0 Å². The molecule has 11 heavy (non-hydrogen) atoms. The Morgan fingerprint density at radius 3 is 0.818 bits per heavy atom. The fraction of sp³-hybridized carbons (Fsp3) is 0.333. The summed E-state index contributed by atoms with van der Waals surface area (Å²) in [4.78, 5) is 0. The predicted molar refractivity (Wildman–Crippen MR) is 41.9 cm³/mol. The van der Waals surface area contributed by atoms with Gasteiger partial charge in [0.05, 0.1) is 12.5 Å². The average molecular weight is 200 g/mol. The summed E-state index contributed by atoms with van der Waals surface area (Å²) in [6.07, 6.45) is 1.50. The standard InChI is InChI=1S/2C2H4O.2CH4O.Ti/c2*1-2-3;2*1-2;/h2*2-3H,1H2;2*2H,1H3;. The molecular formula is C6H16O4Ti. The summed E-state index contributed by atoms with van der Waals surface area (Å²) < 4.78 is 0. The summed E-state index contributed by atoms with van der Waals surface area (Å²) in [5.41, 5.74) is 0. The van der Waals surface area contributed by atoms with Crippen LogP contribution in [-0.4, -0.2) is 34.6 Å². The summed E-state index contributed by atoms with van der Waals surface area (Å²) in [5.74, 6) is 0. The van der Waals surface area contributed by atoms with Gasteiger partial charge in [0.25, 0.3) is 0 Å². The van der Waals surface area contributed by atoms with Gasteiger partial charge in [-0.05, 0) is 0 Å². The molecule has 0 amide bonds. The van der Waals surface area contributed by atoms with Crippen LogP contribution in [0.15, 0.2) is 25.7 Å². The van der Waals surface area contributed by atoms with Crippen LogP contribution in [0.1, 0.15) is 0 Å². The molecule has 0 saturated heterocycles. The van der Waals surface area contributed by atoms with Crippen molar-refractivity contribution in [2.45, 2.75) is 0 Å². The quantitative estimate of drug-likeness (QED) is 0.340. The van der Waals surface area contributed by atoms with Gasteiger partial charge in [-0.15, -0.1) is 0 Å². The first-order valence-corrected chi connectivity index (χ1v) is 2.23. The molecule has 5 heteroatoms. The third-order valence-corrected chi connectivity index (χ3v) is 0. The van der Waals surface area contributed by atoms with Crippen molar-refractivity contribution >= 4 is 0 Å². The number of hydrogen-bond acceptors (Lipinski definition) is 4. The summed E-state index contributed by atoms with van der Waals surface area (Å²) in [6.45, 7) is 5.83. The first-order chi connectivity index (χ1) is 4.83. The molecule has 0 aliphatic carbocycles. The minimum absolute atomic E-state index is 0. The van der Waals surface area contributed by atoms with Crippen molar-refractivity contribution in [1.29, 1.82) is 0 Å². The zero-order chi connectivity index (χ0) is 9.41. The van der Waals surface area contributed by atoms with Gasteiger partial charge in [0.1, 0.15) is 0 Å². The normalized spacial score (nSPS) is 3.27. The molecule has 0 aromatic carbocycles. The largest absolute Gasteiger partial charge is 0.516 e. The second kappa shape index (κ2) is 251. The van der Waals surface area contributed by atoms with E-state index in [4.69, 9.17) is 20.4 Å². The molecule has 0 aliphatic heterocycles. The maximum absolute atomic E-state index is 7.33. The Bertz CT molecular complexity index is 35.6. The fourth-order valence-electron chi connectivity index (χ4n) is 0. The van der Waals surface area contributed by atoms with Gasteiger partial charge >= 0.3 is 0 Å². The Balaban J connectivity index is -0.0000000144. The van der Waals surface area contributed by atoms with E-state index in [2.05, 4.69) is 13.2 Å². The molecule has 0 saturated carbocycles. The van der Waals surface area contributed by atoms with Gasteiger partial charge in [-0.25, -0.2) is 0 Å². The Morgan fingerprint density at radius 2 is 0.818 bits per heavy atom. The molecule has 0 spiro atoms. The van der Waals surface area contributed by atoms with E-state index in [1.54, 1.807) is 0 Å². The van der Waals surface area contributed by atoms with Gasteiger partial charge in [0.2, 0.25) is 0 Å². The third-order valence-electron chi connectivity index (χ3n) is 0. The minimum atomic E-state index is 0. The molecule has 0 bridgehead atoms. The fourth-order valence-corrected chi connectivity index (χ4v) is 0. The molecule has 4 N–H and O–H groups in total. The van der Waals surface area contributed by atoms with Crippen LogP contribution in [0.5, 0.6) is 0 Å². The zero-order valence-corrected chi connectivity index (χ0v) is 8.42. The van der Waals surface area contributed by atoms with Crippen molar-refractivity contribution in [2.75, 3.05) is 14.2 Å². The Morgan fingerprint density at radius 1 is 0.818 bits per heavy atom. The van der Waals surface area contributed by atoms with E-state index in [0.717, 1.165) is 26.7 Å². The number of rotatable bonds is 0. The molecule has 0 aliphatic rings. The van der Waals surface area contributed by atoms with Crippen LogP contribution >= 0.6 is 0 Å². The van der Waals surface area contributed by atoms with Gasteiger partial charge < -0.3 is 20.4 Å². The summed E-state index contributed by atoms with van der Waals surface area (Å²) >= 11 is 0. The molecule has 0 fully saturated rings. The van der Waals surface area contributed by atoms with Crippen molar-refractivity contribution < 1.29 is 42.1 Å². The van der Waals surface area contributed by atoms with Gasteiger partial charge in [-0.1, -0.05) is 13.2 Å². The van der Waals surface area contributed by atoms with Crippen LogP contribution in [0.2, 0.25) is 0 Å². The maximum Gasteiger partial charge on any atom is 0.0719 e. The first kappa shape index (κ1) is 31.0. The number of aliphatic hydroxyl groups excluding tert-OH is 4. The molecule has 0 aromatic heterocycles. The molecule has 0 radical (unpaired) electrons. The van der Waals surface area contributed by atoms with Crippen molar-refractivity contribution in [2.24, 2.45) is 0 Å². The van der Waals surface area contributed by atoms with Gasteiger partial charge in [-0.2, -0.15) is 0 Å². The van der Waals surface area contributed by atoms with E-state index in [0.29, 0.717) is 0 Å². The van der Waals surface area contributed by atoms with Crippen molar-refractivity contribution in [3.8, 4) is 0 Å². The zero-order valence-electron chi connectivity index (χ0n) is 6.86. The Kier molecular flexibility index (Phi) is 707. The predicted octanol–water partition coefficient (Wildman–Crippen LogP) is 0.590. The van der Waals surface area contributed by atoms with Crippen LogP contribution in [0.25, 0.3) is 0 Å². The monoisotopic (exact) mass is 200 g/mol. The summed E-state index contributed by atoms with van der Waals surface area (Å²) in [5, 5.41) is 28.7. The van der Waals surface area contributed by atoms with Crippen LogP contribution < -0.4 is 0 Å². The average Bonchev–Trinajstić information content (AvgIpc) is 1.99. The number of hydrogen-bond donors (Lipinski definition) is 4. The van der Waals surface area contributed by atoms with Gasteiger partial charge in [-0.3, -0.25) is 0 Å². The second-order valence-electron chi connectivity index (χ2n) is 0.365. The summed E-state index contributed by atoms with van der Waals surface area (Å²) in [6, 6.07) is 0. The van der Waals surface area contributed by atoms with E-state index >= 15 is 0 Å². The molecule has 0 unspecified atom stereocenters. The SMILES string of the molecule is C=CO.C=CO.CO.CO.[Ti]. The van der Waals surface area contributed by atoms with E-state index < -0.39 is 0 Å². The van der Waals surface area contributed by atoms with Crippen LogP contribution in [0.4, 0.5) is 0 Å². The topological polar surface area (TPSA) is 80.9 Å². The molecule has 4 nitrogen and oxygen atoms in total. The van der Waals surface area contributed by atoms with Crippen molar-refractivity contribution in [3.05, 3.63) is 25.7 Å². The van der Waals surface area contributed by atoms with E-state index in [9.17, 15) is 0 Å². The summed E-state index contributed by atoms with van der Waals surface area (Å²) in [7, 11) is 2.00. The van der Waals surface area contributed by atoms with Crippen molar-refractivity contribution in [1.82, 2.24) is 0 Å². The van der Waals surface area contributed by atoms with E-state index in [1.165, 1.54) is 0 Å². The third kappa shape index (κ3) is 7080. The smallest absolute Gasteiger partial charge is 0.0719 e. The van der Waals surface area contributed by atoms with Gasteiger partial charge in [0, 0.05) is 35.9 Å². The molecule has 68 valence electrons. The minimum Gasteiger partial charge on any atom is -0.516 e. The van der Waals surface area contributed by atoms with E-state index in [1.807, 2.05) is 0 Å². The maximum atomic E-state index is 7.33. The molecule has 0 aromatic rings.